The van der Waals surface area contributed by atoms with E-state index in [9.17, 15) is 9.59 Å². The fraction of sp³-hybridized carbons (Fsp3) is 0.351. The summed E-state index contributed by atoms with van der Waals surface area (Å²) in [5, 5.41) is 12.4. The van der Waals surface area contributed by atoms with Crippen molar-refractivity contribution in [2.45, 2.75) is 57.2 Å². The molecule has 6 nitrogen and oxygen atoms in total. The molecular formula is C37H44N4O2. The first-order valence-electron chi connectivity index (χ1n) is 15.6. The summed E-state index contributed by atoms with van der Waals surface area (Å²) >= 11 is 0. The molecule has 4 aromatic carbocycles. The molecule has 2 atom stereocenters. The Bertz CT molecular complexity index is 1430. The normalized spacial score (nSPS) is 17.4. The second kappa shape index (κ2) is 14.9. The van der Waals surface area contributed by atoms with Gasteiger partial charge in [0.25, 0.3) is 5.91 Å². The Hall–Kier alpha value is -4.00. The summed E-state index contributed by atoms with van der Waals surface area (Å²) in [4.78, 5) is 29.2. The highest BCUT2D eigenvalue weighted by Gasteiger charge is 2.32. The molecule has 2 amide bonds. The summed E-state index contributed by atoms with van der Waals surface area (Å²) in [6, 6.07) is 34.9. The van der Waals surface area contributed by atoms with Crippen molar-refractivity contribution in [1.29, 1.82) is 0 Å². The van der Waals surface area contributed by atoms with Crippen molar-refractivity contribution in [3.8, 4) is 0 Å². The predicted octanol–water partition coefficient (Wildman–Crippen LogP) is 5.74. The number of amides is 2. The monoisotopic (exact) mass is 576 g/mol. The van der Waals surface area contributed by atoms with Crippen LogP contribution in [0.15, 0.2) is 103 Å². The third kappa shape index (κ3) is 8.31. The number of nitrogens with one attached hydrogen (secondary N) is 3. The molecule has 1 saturated heterocycles. The maximum Gasteiger partial charge on any atom is 0.251 e. The lowest BCUT2D eigenvalue weighted by atomic mass is 9.90. The Morgan fingerprint density at radius 3 is 2.21 bits per heavy atom. The van der Waals surface area contributed by atoms with E-state index >= 15 is 0 Å². The van der Waals surface area contributed by atoms with Crippen LogP contribution in [0.1, 0.15) is 60.5 Å². The molecule has 5 rings (SSSR count). The van der Waals surface area contributed by atoms with Crippen molar-refractivity contribution in [3.05, 3.63) is 120 Å². The van der Waals surface area contributed by atoms with Crippen LogP contribution >= 0.6 is 0 Å². The second-order valence-electron chi connectivity index (χ2n) is 11.9. The van der Waals surface area contributed by atoms with Gasteiger partial charge >= 0.3 is 0 Å². The molecule has 1 fully saturated rings. The molecule has 224 valence electrons. The van der Waals surface area contributed by atoms with Crippen LogP contribution in [0.2, 0.25) is 0 Å². The van der Waals surface area contributed by atoms with Crippen molar-refractivity contribution >= 4 is 22.6 Å². The predicted molar refractivity (Wildman–Crippen MR) is 175 cm³/mol. The topological polar surface area (TPSA) is 73.5 Å². The summed E-state index contributed by atoms with van der Waals surface area (Å²) in [5.74, 6) is 0.134. The largest absolute Gasteiger partial charge is 0.350 e. The lowest BCUT2D eigenvalue weighted by Gasteiger charge is -2.29. The maximum absolute atomic E-state index is 14.1. The molecule has 0 bridgehead atoms. The van der Waals surface area contributed by atoms with Crippen molar-refractivity contribution < 1.29 is 9.59 Å². The van der Waals surface area contributed by atoms with E-state index in [1.807, 2.05) is 59.5 Å². The number of hydrogen-bond acceptors (Lipinski definition) is 4. The first kappa shape index (κ1) is 30.5. The number of nitrogens with zero attached hydrogens (tertiary/aromatic N) is 1. The number of fused-ring (bicyclic) bond motifs is 1. The summed E-state index contributed by atoms with van der Waals surface area (Å²) in [6.45, 7) is 6.86. The van der Waals surface area contributed by atoms with E-state index in [1.165, 1.54) is 11.1 Å². The standard InChI is InChI=1S/C37H44N4O2/c1-27(2)38-22-11-18-35-37(43)41(26-34(29-13-5-3-6-14-29)30-15-7-4-8-16-30)23-21-33(40-35)25-39-36(42)32-20-19-28-12-9-10-17-31(28)24-32/h3-10,12-17,19-20,24,27,33-35,38,40H,11,18,21-23,25-26H2,1-2H3,(H,39,42)/t33-,35-/m0/s1. The fourth-order valence-corrected chi connectivity index (χ4v) is 5.97. The highest BCUT2D eigenvalue weighted by molar-refractivity contribution is 5.98. The van der Waals surface area contributed by atoms with E-state index in [4.69, 9.17) is 0 Å². The average molecular weight is 577 g/mol. The van der Waals surface area contributed by atoms with Gasteiger partial charge in [-0.15, -0.1) is 0 Å². The van der Waals surface area contributed by atoms with E-state index in [1.54, 1.807) is 0 Å². The van der Waals surface area contributed by atoms with Gasteiger partial charge in [-0.25, -0.2) is 0 Å². The average Bonchev–Trinajstić information content (AvgIpc) is 3.19. The Balaban J connectivity index is 1.30. The molecule has 0 unspecified atom stereocenters. The van der Waals surface area contributed by atoms with E-state index in [0.717, 1.165) is 36.6 Å². The summed E-state index contributed by atoms with van der Waals surface area (Å²) < 4.78 is 0. The molecular weight excluding hydrogens is 532 g/mol. The fourth-order valence-electron chi connectivity index (χ4n) is 5.97. The van der Waals surface area contributed by atoms with E-state index in [0.29, 0.717) is 31.2 Å². The van der Waals surface area contributed by atoms with E-state index in [2.05, 4.69) is 78.3 Å². The first-order valence-corrected chi connectivity index (χ1v) is 15.6. The van der Waals surface area contributed by atoms with Crippen molar-refractivity contribution in [2.75, 3.05) is 26.2 Å². The van der Waals surface area contributed by atoms with Gasteiger partial charge in [0.1, 0.15) is 0 Å². The molecule has 0 radical (unpaired) electrons. The smallest absolute Gasteiger partial charge is 0.251 e. The molecule has 0 spiro atoms. The molecule has 0 aromatic heterocycles. The Labute approximate surface area is 255 Å². The van der Waals surface area contributed by atoms with Gasteiger partial charge in [0.2, 0.25) is 5.91 Å². The number of rotatable bonds is 12. The molecule has 6 heteroatoms. The quantitative estimate of drug-likeness (QED) is 0.188. The van der Waals surface area contributed by atoms with Gasteiger partial charge in [0.15, 0.2) is 0 Å². The van der Waals surface area contributed by atoms with Gasteiger partial charge in [0.05, 0.1) is 6.04 Å². The zero-order chi connectivity index (χ0) is 30.0. The summed E-state index contributed by atoms with van der Waals surface area (Å²) in [7, 11) is 0. The molecule has 0 saturated carbocycles. The van der Waals surface area contributed by atoms with Gasteiger partial charge in [-0.1, -0.05) is 105 Å². The highest BCUT2D eigenvalue weighted by atomic mass is 16.2. The lowest BCUT2D eigenvalue weighted by Crippen LogP contribution is -2.49. The Morgan fingerprint density at radius 2 is 1.53 bits per heavy atom. The molecule has 0 aliphatic carbocycles. The number of carbonyl (C=O) groups is 2. The second-order valence-corrected chi connectivity index (χ2v) is 11.9. The Kier molecular flexibility index (Phi) is 10.6. The Morgan fingerprint density at radius 1 is 0.884 bits per heavy atom. The van der Waals surface area contributed by atoms with Gasteiger partial charge in [0, 0.05) is 43.2 Å². The maximum atomic E-state index is 14.1. The minimum atomic E-state index is -0.300. The van der Waals surface area contributed by atoms with E-state index < -0.39 is 0 Å². The highest BCUT2D eigenvalue weighted by Crippen LogP contribution is 2.27. The number of benzene rings is 4. The molecule has 4 aromatic rings. The summed E-state index contributed by atoms with van der Waals surface area (Å²) in [6.07, 6.45) is 2.40. The molecule has 3 N–H and O–H groups in total. The van der Waals surface area contributed by atoms with Crippen LogP contribution in [-0.2, 0) is 4.79 Å². The van der Waals surface area contributed by atoms with Crippen LogP contribution < -0.4 is 16.0 Å². The van der Waals surface area contributed by atoms with E-state index in [-0.39, 0.29) is 29.8 Å². The molecule has 43 heavy (non-hydrogen) atoms. The van der Waals surface area contributed by atoms with Crippen LogP contribution in [0.3, 0.4) is 0 Å². The van der Waals surface area contributed by atoms with Crippen molar-refractivity contribution in [1.82, 2.24) is 20.9 Å². The number of hydrogen-bond donors (Lipinski definition) is 3. The van der Waals surface area contributed by atoms with Gasteiger partial charge in [-0.3, -0.25) is 9.59 Å². The third-order valence-corrected chi connectivity index (χ3v) is 8.34. The number of carbonyl (C=O) groups excluding carboxylic acids is 2. The van der Waals surface area contributed by atoms with Crippen LogP contribution in [0.5, 0.6) is 0 Å². The van der Waals surface area contributed by atoms with Crippen LogP contribution in [-0.4, -0.2) is 61.0 Å². The van der Waals surface area contributed by atoms with Crippen LogP contribution in [0.25, 0.3) is 10.8 Å². The SMILES string of the molecule is CC(C)NCCC[C@@H]1N[C@H](CNC(=O)c2ccc3ccccc3c2)CCN(CC(c2ccccc2)c2ccccc2)C1=O. The summed E-state index contributed by atoms with van der Waals surface area (Å²) in [5.41, 5.74) is 3.06. The van der Waals surface area contributed by atoms with Crippen molar-refractivity contribution in [3.63, 3.8) is 0 Å². The first-order chi connectivity index (χ1) is 21.0. The van der Waals surface area contributed by atoms with Gasteiger partial charge in [-0.05, 0) is 59.8 Å². The third-order valence-electron chi connectivity index (χ3n) is 8.34. The molecule has 1 aliphatic heterocycles. The lowest BCUT2D eigenvalue weighted by molar-refractivity contribution is -0.133. The zero-order valence-electron chi connectivity index (χ0n) is 25.3. The minimum Gasteiger partial charge on any atom is -0.350 e. The van der Waals surface area contributed by atoms with Gasteiger partial charge < -0.3 is 20.9 Å². The molecule has 1 aliphatic rings. The minimum absolute atomic E-state index is 0.00619. The zero-order valence-corrected chi connectivity index (χ0v) is 25.3. The van der Waals surface area contributed by atoms with Crippen LogP contribution in [0, 0.1) is 0 Å². The molecule has 1 heterocycles. The van der Waals surface area contributed by atoms with Crippen LogP contribution in [0.4, 0.5) is 0 Å². The van der Waals surface area contributed by atoms with Gasteiger partial charge in [-0.2, -0.15) is 0 Å². The van der Waals surface area contributed by atoms with Crippen molar-refractivity contribution in [2.24, 2.45) is 0 Å².